The van der Waals surface area contributed by atoms with Gasteiger partial charge in [0.25, 0.3) is 0 Å². The highest BCUT2D eigenvalue weighted by Gasteiger charge is 2.26. The van der Waals surface area contributed by atoms with Crippen LogP contribution in [-0.2, 0) is 4.79 Å². The summed E-state index contributed by atoms with van der Waals surface area (Å²) in [5.74, 6) is 0.215. The molecular formula is C16H23ClN2O2. The molecule has 21 heavy (non-hydrogen) atoms. The van der Waals surface area contributed by atoms with E-state index in [1.807, 2.05) is 19.1 Å². The highest BCUT2D eigenvalue weighted by Crippen LogP contribution is 2.26. The van der Waals surface area contributed by atoms with E-state index in [1.165, 1.54) is 0 Å². The summed E-state index contributed by atoms with van der Waals surface area (Å²) in [6.45, 7) is 5.35. The Kier molecular flexibility index (Phi) is 5.62. The highest BCUT2D eigenvalue weighted by atomic mass is 35.5. The van der Waals surface area contributed by atoms with Gasteiger partial charge in [0.2, 0.25) is 5.91 Å². The van der Waals surface area contributed by atoms with Gasteiger partial charge in [0, 0.05) is 19.2 Å². The number of anilines is 1. The average Bonchev–Trinajstić information content (AvgIpc) is 2.45. The second-order valence-electron chi connectivity index (χ2n) is 5.88. The Labute approximate surface area is 131 Å². The Bertz CT molecular complexity index is 487. The number of aliphatic hydroxyl groups is 1. The number of aliphatic hydroxyl groups excluding tert-OH is 1. The standard InChI is InChI=1S/C16H23ClN2O2/c1-11-4-3-5-14(17)16(11)18-15(21)9-19-8-13(10-20)7-6-12(19)2/h3-5,12-13,20H,6-10H2,1-2H3,(H,18,21). The normalized spacial score (nSPS) is 23.0. The molecule has 5 heteroatoms. The number of hydrogen-bond donors (Lipinski definition) is 2. The van der Waals surface area contributed by atoms with Gasteiger partial charge in [0.15, 0.2) is 0 Å². The maximum atomic E-state index is 12.3. The van der Waals surface area contributed by atoms with Crippen LogP contribution in [0.4, 0.5) is 5.69 Å². The third-order valence-corrected chi connectivity index (χ3v) is 4.51. The minimum absolute atomic E-state index is 0.0587. The van der Waals surface area contributed by atoms with Crippen molar-refractivity contribution in [2.24, 2.45) is 5.92 Å². The molecule has 2 unspecified atom stereocenters. The van der Waals surface area contributed by atoms with Crippen molar-refractivity contribution < 1.29 is 9.90 Å². The fourth-order valence-corrected chi connectivity index (χ4v) is 3.05. The van der Waals surface area contributed by atoms with Crippen LogP contribution in [-0.4, -0.2) is 41.7 Å². The third kappa shape index (κ3) is 4.19. The van der Waals surface area contributed by atoms with Crippen LogP contribution >= 0.6 is 11.6 Å². The number of amides is 1. The number of hydrogen-bond acceptors (Lipinski definition) is 3. The molecule has 4 nitrogen and oxygen atoms in total. The predicted octanol–water partition coefficient (Wildman–Crippen LogP) is 2.68. The smallest absolute Gasteiger partial charge is 0.238 e. The molecule has 1 aromatic rings. The number of para-hydroxylation sites is 1. The number of nitrogens with one attached hydrogen (secondary N) is 1. The molecule has 1 heterocycles. The van der Waals surface area contributed by atoms with Crippen LogP contribution in [0, 0.1) is 12.8 Å². The van der Waals surface area contributed by atoms with Gasteiger partial charge in [-0.3, -0.25) is 9.69 Å². The molecular weight excluding hydrogens is 288 g/mol. The summed E-state index contributed by atoms with van der Waals surface area (Å²) >= 11 is 6.13. The van der Waals surface area contributed by atoms with Crippen molar-refractivity contribution in [1.29, 1.82) is 0 Å². The molecule has 1 fully saturated rings. The van der Waals surface area contributed by atoms with E-state index in [2.05, 4.69) is 17.1 Å². The van der Waals surface area contributed by atoms with Gasteiger partial charge < -0.3 is 10.4 Å². The molecule has 1 amide bonds. The first-order valence-electron chi connectivity index (χ1n) is 7.41. The van der Waals surface area contributed by atoms with E-state index >= 15 is 0 Å². The summed E-state index contributed by atoms with van der Waals surface area (Å²) in [5, 5.41) is 12.8. The molecule has 1 saturated heterocycles. The van der Waals surface area contributed by atoms with Crippen LogP contribution in [0.1, 0.15) is 25.3 Å². The number of carbonyl (C=O) groups is 1. The summed E-state index contributed by atoms with van der Waals surface area (Å²) < 4.78 is 0. The van der Waals surface area contributed by atoms with Crippen molar-refractivity contribution in [2.75, 3.05) is 25.0 Å². The van der Waals surface area contributed by atoms with Gasteiger partial charge in [-0.15, -0.1) is 0 Å². The van der Waals surface area contributed by atoms with Gasteiger partial charge >= 0.3 is 0 Å². The Balaban J connectivity index is 1.98. The minimum atomic E-state index is -0.0587. The monoisotopic (exact) mass is 310 g/mol. The average molecular weight is 311 g/mol. The van der Waals surface area contributed by atoms with E-state index < -0.39 is 0 Å². The van der Waals surface area contributed by atoms with Crippen LogP contribution in [0.2, 0.25) is 5.02 Å². The zero-order chi connectivity index (χ0) is 15.4. The Morgan fingerprint density at radius 3 is 2.90 bits per heavy atom. The lowest BCUT2D eigenvalue weighted by Gasteiger charge is -2.36. The lowest BCUT2D eigenvalue weighted by Crippen LogP contribution is -2.46. The lowest BCUT2D eigenvalue weighted by atomic mass is 9.94. The first-order valence-corrected chi connectivity index (χ1v) is 7.79. The Morgan fingerprint density at radius 1 is 1.48 bits per heavy atom. The molecule has 0 saturated carbocycles. The van der Waals surface area contributed by atoms with Crippen molar-refractivity contribution in [3.63, 3.8) is 0 Å². The zero-order valence-electron chi connectivity index (χ0n) is 12.6. The van der Waals surface area contributed by atoms with Crippen molar-refractivity contribution in [2.45, 2.75) is 32.7 Å². The number of rotatable bonds is 4. The van der Waals surface area contributed by atoms with E-state index in [9.17, 15) is 9.90 Å². The van der Waals surface area contributed by atoms with Crippen LogP contribution < -0.4 is 5.32 Å². The van der Waals surface area contributed by atoms with Crippen molar-refractivity contribution in [1.82, 2.24) is 4.90 Å². The van der Waals surface area contributed by atoms with E-state index in [0.717, 1.165) is 24.9 Å². The number of piperidine rings is 1. The summed E-state index contributed by atoms with van der Waals surface area (Å²) in [6.07, 6.45) is 2.04. The number of benzene rings is 1. The van der Waals surface area contributed by atoms with E-state index in [4.69, 9.17) is 11.6 Å². The van der Waals surface area contributed by atoms with Crippen LogP contribution in [0.5, 0.6) is 0 Å². The Morgan fingerprint density at radius 2 is 2.24 bits per heavy atom. The van der Waals surface area contributed by atoms with Gasteiger partial charge in [-0.2, -0.15) is 0 Å². The number of halogens is 1. The van der Waals surface area contributed by atoms with Crippen LogP contribution in [0.25, 0.3) is 0 Å². The van der Waals surface area contributed by atoms with Gasteiger partial charge in [0.1, 0.15) is 0 Å². The SMILES string of the molecule is Cc1cccc(Cl)c1NC(=O)CN1CC(CO)CCC1C. The fraction of sp³-hybridized carbons (Fsp3) is 0.562. The van der Waals surface area contributed by atoms with E-state index in [0.29, 0.717) is 23.3 Å². The number of aryl methyl sites for hydroxylation is 1. The molecule has 0 radical (unpaired) electrons. The fourth-order valence-electron chi connectivity index (χ4n) is 2.79. The van der Waals surface area contributed by atoms with Gasteiger partial charge in [-0.25, -0.2) is 0 Å². The lowest BCUT2D eigenvalue weighted by molar-refractivity contribution is -0.118. The first kappa shape index (κ1) is 16.3. The van der Waals surface area contributed by atoms with Crippen molar-refractivity contribution >= 4 is 23.2 Å². The molecule has 1 aliphatic rings. The van der Waals surface area contributed by atoms with Crippen LogP contribution in [0.3, 0.4) is 0 Å². The van der Waals surface area contributed by atoms with E-state index in [-0.39, 0.29) is 18.4 Å². The molecule has 2 atom stereocenters. The maximum Gasteiger partial charge on any atom is 0.238 e. The second kappa shape index (κ2) is 7.25. The summed E-state index contributed by atoms with van der Waals surface area (Å²) in [5.41, 5.74) is 1.64. The highest BCUT2D eigenvalue weighted by molar-refractivity contribution is 6.33. The van der Waals surface area contributed by atoms with Crippen molar-refractivity contribution in [3.8, 4) is 0 Å². The van der Waals surface area contributed by atoms with E-state index in [1.54, 1.807) is 6.07 Å². The molecule has 2 N–H and O–H groups in total. The largest absolute Gasteiger partial charge is 0.396 e. The molecule has 1 aromatic carbocycles. The quantitative estimate of drug-likeness (QED) is 0.899. The second-order valence-corrected chi connectivity index (χ2v) is 6.29. The molecule has 0 bridgehead atoms. The summed E-state index contributed by atoms with van der Waals surface area (Å²) in [7, 11) is 0. The molecule has 0 aromatic heterocycles. The topological polar surface area (TPSA) is 52.6 Å². The molecule has 1 aliphatic heterocycles. The Hall–Kier alpha value is -1.10. The summed E-state index contributed by atoms with van der Waals surface area (Å²) in [6, 6.07) is 5.93. The van der Waals surface area contributed by atoms with Gasteiger partial charge in [-0.05, 0) is 44.2 Å². The zero-order valence-corrected chi connectivity index (χ0v) is 13.4. The predicted molar refractivity (Wildman–Crippen MR) is 85.7 cm³/mol. The number of nitrogens with zero attached hydrogens (tertiary/aromatic N) is 1. The molecule has 0 aliphatic carbocycles. The molecule has 2 rings (SSSR count). The number of likely N-dealkylation sites (tertiary alicyclic amines) is 1. The van der Waals surface area contributed by atoms with Crippen molar-refractivity contribution in [3.05, 3.63) is 28.8 Å². The first-order chi connectivity index (χ1) is 10.0. The minimum Gasteiger partial charge on any atom is -0.396 e. The van der Waals surface area contributed by atoms with Gasteiger partial charge in [0.05, 0.1) is 17.3 Å². The molecule has 116 valence electrons. The third-order valence-electron chi connectivity index (χ3n) is 4.20. The van der Waals surface area contributed by atoms with Gasteiger partial charge in [-0.1, -0.05) is 23.7 Å². The van der Waals surface area contributed by atoms with Crippen LogP contribution in [0.15, 0.2) is 18.2 Å². The molecule has 0 spiro atoms. The number of carbonyl (C=O) groups excluding carboxylic acids is 1. The summed E-state index contributed by atoms with van der Waals surface area (Å²) in [4.78, 5) is 14.4. The maximum absolute atomic E-state index is 12.3.